The second-order valence-corrected chi connectivity index (χ2v) is 4.26. The van der Waals surface area contributed by atoms with Crippen molar-refractivity contribution in [1.29, 1.82) is 5.26 Å². The van der Waals surface area contributed by atoms with Gasteiger partial charge in [0.05, 0.1) is 24.7 Å². The van der Waals surface area contributed by atoms with Crippen LogP contribution in [0.4, 0.5) is 0 Å². The first-order chi connectivity index (χ1) is 9.03. The molecule has 1 N–H and O–H groups in total. The number of nitrogens with zero attached hydrogens (tertiary/aromatic N) is 2. The number of ether oxygens (including phenoxy) is 1. The molecule has 0 saturated heterocycles. The quantitative estimate of drug-likeness (QED) is 0.881. The maximum absolute atomic E-state index is 12.3. The Bertz CT molecular complexity index is 494. The molecular formula is C14H18N2O3. The summed E-state index contributed by atoms with van der Waals surface area (Å²) >= 11 is 0. The number of hydrogen-bond acceptors (Lipinski definition) is 4. The van der Waals surface area contributed by atoms with E-state index in [0.717, 1.165) is 0 Å². The summed E-state index contributed by atoms with van der Waals surface area (Å²) in [6.45, 7) is 4.42. The van der Waals surface area contributed by atoms with Crippen LogP contribution in [0.15, 0.2) is 18.2 Å². The number of amides is 1. The summed E-state index contributed by atoms with van der Waals surface area (Å²) in [6.07, 6.45) is 0. The summed E-state index contributed by atoms with van der Waals surface area (Å²) in [4.78, 5) is 13.8. The zero-order chi connectivity index (χ0) is 14.4. The van der Waals surface area contributed by atoms with Gasteiger partial charge in [-0.25, -0.2) is 0 Å². The van der Waals surface area contributed by atoms with Gasteiger partial charge in [-0.15, -0.1) is 0 Å². The number of phenols is 1. The third-order valence-electron chi connectivity index (χ3n) is 2.82. The molecular weight excluding hydrogens is 244 g/mol. The Hall–Kier alpha value is -2.22. The van der Waals surface area contributed by atoms with Crippen molar-refractivity contribution in [3.05, 3.63) is 23.8 Å². The van der Waals surface area contributed by atoms with Gasteiger partial charge in [0.25, 0.3) is 5.91 Å². The smallest absolute Gasteiger partial charge is 0.257 e. The molecule has 0 fully saturated rings. The van der Waals surface area contributed by atoms with Crippen molar-refractivity contribution in [3.63, 3.8) is 0 Å². The van der Waals surface area contributed by atoms with E-state index in [0.29, 0.717) is 18.8 Å². The van der Waals surface area contributed by atoms with Crippen LogP contribution in [0, 0.1) is 17.2 Å². The number of nitriles is 1. The first kappa shape index (κ1) is 14.8. The van der Waals surface area contributed by atoms with Crippen molar-refractivity contribution >= 4 is 5.91 Å². The Balaban J connectivity index is 2.95. The Morgan fingerprint density at radius 2 is 2.26 bits per heavy atom. The maximum Gasteiger partial charge on any atom is 0.257 e. The van der Waals surface area contributed by atoms with E-state index in [2.05, 4.69) is 6.07 Å². The first-order valence-corrected chi connectivity index (χ1v) is 6.09. The van der Waals surface area contributed by atoms with Crippen LogP contribution in [0.25, 0.3) is 0 Å². The summed E-state index contributed by atoms with van der Waals surface area (Å²) in [5, 5.41) is 18.6. The van der Waals surface area contributed by atoms with Gasteiger partial charge in [0, 0.05) is 19.2 Å². The zero-order valence-corrected chi connectivity index (χ0v) is 11.4. The van der Waals surface area contributed by atoms with E-state index in [1.807, 2.05) is 6.92 Å². The molecule has 5 heteroatoms. The molecule has 1 amide bonds. The van der Waals surface area contributed by atoms with Crippen LogP contribution < -0.4 is 4.74 Å². The van der Waals surface area contributed by atoms with Crippen molar-refractivity contribution in [3.8, 4) is 17.6 Å². The summed E-state index contributed by atoms with van der Waals surface area (Å²) in [5.74, 6) is -0.163. The highest BCUT2D eigenvalue weighted by Gasteiger charge is 2.19. The largest absolute Gasteiger partial charge is 0.507 e. The molecule has 0 spiro atoms. The Morgan fingerprint density at radius 3 is 2.74 bits per heavy atom. The number of benzene rings is 1. The minimum atomic E-state index is -0.287. The fourth-order valence-electron chi connectivity index (χ4n) is 1.72. The van der Waals surface area contributed by atoms with E-state index in [1.165, 1.54) is 24.1 Å². The molecule has 0 aliphatic carbocycles. The molecule has 0 radical (unpaired) electrons. The molecule has 0 aliphatic rings. The fraction of sp³-hybridized carbons (Fsp3) is 0.429. The average Bonchev–Trinajstić information content (AvgIpc) is 2.43. The number of carbonyl (C=O) groups excluding carboxylic acids is 1. The molecule has 1 atom stereocenters. The standard InChI is InChI=1S/C14H18N2O3/c1-4-16(9-10(2)8-15)14(18)12-6-5-11(19-3)7-13(12)17/h5-7,10,17H,4,9H2,1-3H3. The number of rotatable bonds is 5. The van der Waals surface area contributed by atoms with E-state index in [9.17, 15) is 9.90 Å². The lowest BCUT2D eigenvalue weighted by molar-refractivity contribution is 0.0749. The van der Waals surface area contributed by atoms with Gasteiger partial charge in [-0.1, -0.05) is 0 Å². The minimum Gasteiger partial charge on any atom is -0.507 e. The second-order valence-electron chi connectivity index (χ2n) is 4.26. The van der Waals surface area contributed by atoms with Crippen molar-refractivity contribution in [2.24, 2.45) is 5.92 Å². The number of methoxy groups -OCH3 is 1. The normalized spacial score (nSPS) is 11.5. The zero-order valence-electron chi connectivity index (χ0n) is 11.4. The molecule has 1 aromatic carbocycles. The topological polar surface area (TPSA) is 73.6 Å². The van der Waals surface area contributed by atoms with Gasteiger partial charge in [0.15, 0.2) is 0 Å². The lowest BCUT2D eigenvalue weighted by Gasteiger charge is -2.22. The van der Waals surface area contributed by atoms with Gasteiger partial charge in [-0.05, 0) is 26.0 Å². The molecule has 19 heavy (non-hydrogen) atoms. The number of carbonyl (C=O) groups is 1. The lowest BCUT2D eigenvalue weighted by atomic mass is 10.1. The van der Waals surface area contributed by atoms with Crippen molar-refractivity contribution in [2.45, 2.75) is 13.8 Å². The molecule has 1 unspecified atom stereocenters. The molecule has 1 rings (SSSR count). The van der Waals surface area contributed by atoms with Crippen LogP contribution in [-0.2, 0) is 0 Å². The van der Waals surface area contributed by atoms with Crippen LogP contribution in [0.3, 0.4) is 0 Å². The van der Waals surface area contributed by atoms with Crippen molar-refractivity contribution in [2.75, 3.05) is 20.2 Å². The predicted molar refractivity (Wildman–Crippen MR) is 71.0 cm³/mol. The Labute approximate surface area is 113 Å². The van der Waals surface area contributed by atoms with Gasteiger partial charge < -0.3 is 14.7 Å². The molecule has 0 saturated carbocycles. The Morgan fingerprint density at radius 1 is 1.58 bits per heavy atom. The van der Waals surface area contributed by atoms with E-state index in [4.69, 9.17) is 10.00 Å². The summed E-state index contributed by atoms with van der Waals surface area (Å²) in [7, 11) is 1.49. The highest BCUT2D eigenvalue weighted by molar-refractivity contribution is 5.97. The molecule has 5 nitrogen and oxygen atoms in total. The number of aromatic hydroxyl groups is 1. The van der Waals surface area contributed by atoms with Crippen LogP contribution in [0.1, 0.15) is 24.2 Å². The minimum absolute atomic E-state index is 0.118. The third-order valence-corrected chi connectivity index (χ3v) is 2.82. The van der Waals surface area contributed by atoms with Crippen LogP contribution in [0.5, 0.6) is 11.5 Å². The SMILES string of the molecule is CCN(CC(C)C#N)C(=O)c1ccc(OC)cc1O. The van der Waals surface area contributed by atoms with Crippen molar-refractivity contribution in [1.82, 2.24) is 4.90 Å². The van der Waals surface area contributed by atoms with Crippen LogP contribution >= 0.6 is 0 Å². The number of phenolic OH excluding ortho intramolecular Hbond substituents is 1. The van der Waals surface area contributed by atoms with Gasteiger partial charge in [-0.3, -0.25) is 4.79 Å². The van der Waals surface area contributed by atoms with Gasteiger partial charge in [0.2, 0.25) is 0 Å². The first-order valence-electron chi connectivity index (χ1n) is 6.09. The third kappa shape index (κ3) is 3.62. The van der Waals surface area contributed by atoms with E-state index < -0.39 is 0 Å². The van der Waals surface area contributed by atoms with E-state index in [-0.39, 0.29) is 23.1 Å². The molecule has 0 aromatic heterocycles. The van der Waals surface area contributed by atoms with Gasteiger partial charge in [-0.2, -0.15) is 5.26 Å². The lowest BCUT2D eigenvalue weighted by Crippen LogP contribution is -2.34. The Kier molecular flexibility index (Phi) is 5.19. The second kappa shape index (κ2) is 6.64. The van der Waals surface area contributed by atoms with E-state index >= 15 is 0 Å². The van der Waals surface area contributed by atoms with Crippen LogP contribution in [0.2, 0.25) is 0 Å². The van der Waals surface area contributed by atoms with E-state index in [1.54, 1.807) is 13.0 Å². The average molecular weight is 262 g/mol. The van der Waals surface area contributed by atoms with Gasteiger partial charge >= 0.3 is 0 Å². The van der Waals surface area contributed by atoms with Gasteiger partial charge in [0.1, 0.15) is 11.5 Å². The molecule has 0 heterocycles. The summed E-state index contributed by atoms with van der Waals surface area (Å²) in [5.41, 5.74) is 0.216. The summed E-state index contributed by atoms with van der Waals surface area (Å²) in [6, 6.07) is 6.63. The molecule has 0 bridgehead atoms. The maximum atomic E-state index is 12.3. The molecule has 0 aliphatic heterocycles. The molecule has 102 valence electrons. The monoisotopic (exact) mass is 262 g/mol. The van der Waals surface area contributed by atoms with Crippen LogP contribution in [-0.4, -0.2) is 36.1 Å². The van der Waals surface area contributed by atoms with Crippen molar-refractivity contribution < 1.29 is 14.6 Å². The highest BCUT2D eigenvalue weighted by Crippen LogP contribution is 2.24. The molecule has 1 aromatic rings. The highest BCUT2D eigenvalue weighted by atomic mass is 16.5. The summed E-state index contributed by atoms with van der Waals surface area (Å²) < 4.78 is 4.97. The fourth-order valence-corrected chi connectivity index (χ4v) is 1.72. The predicted octanol–water partition coefficient (Wildman–Crippen LogP) is 2.02. The number of hydrogen-bond donors (Lipinski definition) is 1.